The van der Waals surface area contributed by atoms with Gasteiger partial charge in [0.05, 0.1) is 5.75 Å². The molecule has 7 heteroatoms. The fourth-order valence-electron chi connectivity index (χ4n) is 1.62. The van der Waals surface area contributed by atoms with E-state index >= 15 is 0 Å². The summed E-state index contributed by atoms with van der Waals surface area (Å²) in [5.41, 5.74) is 6.70. The van der Waals surface area contributed by atoms with E-state index in [1.807, 2.05) is 0 Å². The summed E-state index contributed by atoms with van der Waals surface area (Å²) in [7, 11) is -2.90. The lowest BCUT2D eigenvalue weighted by Gasteiger charge is -2.11. The fourth-order valence-corrected chi connectivity index (χ4v) is 2.28. The zero-order chi connectivity index (χ0) is 13.6. The van der Waals surface area contributed by atoms with Gasteiger partial charge >= 0.3 is 0 Å². The summed E-state index contributed by atoms with van der Waals surface area (Å²) < 4.78 is 22.0. The number of hydrogen-bond acceptors (Lipinski definition) is 6. The number of nitrogens with zero attached hydrogens (tertiary/aromatic N) is 2. The van der Waals surface area contributed by atoms with Crippen LogP contribution in [0.25, 0.3) is 0 Å². The molecule has 0 fully saturated rings. The molecule has 0 radical (unpaired) electrons. The van der Waals surface area contributed by atoms with E-state index in [1.54, 1.807) is 0 Å². The largest absolute Gasteiger partial charge is 0.383 e. The van der Waals surface area contributed by atoms with Crippen LogP contribution in [-0.2, 0) is 16.3 Å². The fraction of sp³-hybridized carbons (Fsp3) is 0.636. The second-order valence-corrected chi connectivity index (χ2v) is 6.51. The number of aromatic nitrogens is 2. The molecule has 1 aromatic rings. The monoisotopic (exact) mass is 272 g/mol. The first-order valence-electron chi connectivity index (χ1n) is 5.95. The summed E-state index contributed by atoms with van der Waals surface area (Å²) in [6.45, 7) is 2.61. The summed E-state index contributed by atoms with van der Waals surface area (Å²) in [5.74, 6) is 1.36. The standard InChI is InChI=1S/C11H20N4O2S/c1-3-5-9-10(12)14-8-15-11(9)13-6-4-7-18(2,16)17/h8H,3-7H2,1-2H3,(H3,12,13,14,15). The Morgan fingerprint density at radius 3 is 2.72 bits per heavy atom. The molecule has 18 heavy (non-hydrogen) atoms. The van der Waals surface area contributed by atoms with Crippen molar-refractivity contribution in [2.75, 3.05) is 29.6 Å². The summed E-state index contributed by atoms with van der Waals surface area (Å²) >= 11 is 0. The van der Waals surface area contributed by atoms with Crippen molar-refractivity contribution in [3.05, 3.63) is 11.9 Å². The lowest BCUT2D eigenvalue weighted by Crippen LogP contribution is -2.13. The molecule has 1 rings (SSSR count). The van der Waals surface area contributed by atoms with Gasteiger partial charge in [-0.1, -0.05) is 13.3 Å². The van der Waals surface area contributed by atoms with Gasteiger partial charge in [-0.3, -0.25) is 0 Å². The highest BCUT2D eigenvalue weighted by Gasteiger charge is 2.08. The van der Waals surface area contributed by atoms with Crippen molar-refractivity contribution in [3.8, 4) is 0 Å². The molecular formula is C11H20N4O2S. The van der Waals surface area contributed by atoms with Crippen LogP contribution >= 0.6 is 0 Å². The Hall–Kier alpha value is -1.37. The average Bonchev–Trinajstić information content (AvgIpc) is 2.27. The van der Waals surface area contributed by atoms with E-state index in [0.29, 0.717) is 24.6 Å². The third-order valence-corrected chi connectivity index (χ3v) is 3.49. The van der Waals surface area contributed by atoms with Gasteiger partial charge in [-0.25, -0.2) is 18.4 Å². The quantitative estimate of drug-likeness (QED) is 0.714. The van der Waals surface area contributed by atoms with Crippen LogP contribution < -0.4 is 11.1 Å². The molecule has 0 saturated heterocycles. The summed E-state index contributed by atoms with van der Waals surface area (Å²) in [4.78, 5) is 8.10. The normalized spacial score (nSPS) is 11.4. The maximum atomic E-state index is 11.0. The molecule has 1 heterocycles. The number of nitrogens with two attached hydrogens (primary N) is 1. The van der Waals surface area contributed by atoms with Crippen molar-refractivity contribution in [1.82, 2.24) is 9.97 Å². The van der Waals surface area contributed by atoms with Gasteiger partial charge in [0, 0.05) is 18.4 Å². The van der Waals surface area contributed by atoms with Gasteiger partial charge in [0.15, 0.2) is 0 Å². The maximum absolute atomic E-state index is 11.0. The summed E-state index contributed by atoms with van der Waals surface area (Å²) in [6, 6.07) is 0. The Morgan fingerprint density at radius 1 is 1.39 bits per heavy atom. The minimum Gasteiger partial charge on any atom is -0.383 e. The zero-order valence-corrected chi connectivity index (χ0v) is 11.6. The van der Waals surface area contributed by atoms with E-state index in [2.05, 4.69) is 22.2 Å². The average molecular weight is 272 g/mol. The van der Waals surface area contributed by atoms with Crippen LogP contribution in [-0.4, -0.2) is 36.9 Å². The number of nitrogens with one attached hydrogen (secondary N) is 1. The molecule has 0 aromatic carbocycles. The highest BCUT2D eigenvalue weighted by Crippen LogP contribution is 2.18. The predicted octanol–water partition coefficient (Wildman–Crippen LogP) is 0.858. The Labute approximate surface area is 108 Å². The van der Waals surface area contributed by atoms with Crippen molar-refractivity contribution in [3.63, 3.8) is 0 Å². The molecule has 0 spiro atoms. The number of nitrogen functional groups attached to an aromatic ring is 1. The molecule has 0 aliphatic heterocycles. The summed E-state index contributed by atoms with van der Waals surface area (Å²) in [5, 5.41) is 3.12. The third kappa shape index (κ3) is 4.87. The van der Waals surface area contributed by atoms with Gasteiger partial charge in [0.1, 0.15) is 27.8 Å². The molecular weight excluding hydrogens is 252 g/mol. The van der Waals surface area contributed by atoms with Gasteiger partial charge in [0.2, 0.25) is 0 Å². The molecule has 0 aliphatic carbocycles. The minimum atomic E-state index is -2.90. The van der Waals surface area contributed by atoms with E-state index in [4.69, 9.17) is 5.73 Å². The zero-order valence-electron chi connectivity index (χ0n) is 10.8. The highest BCUT2D eigenvalue weighted by atomic mass is 32.2. The third-order valence-electron chi connectivity index (χ3n) is 2.46. The first kappa shape index (κ1) is 14.7. The van der Waals surface area contributed by atoms with Crippen LogP contribution in [0.5, 0.6) is 0 Å². The van der Waals surface area contributed by atoms with E-state index in [0.717, 1.165) is 18.4 Å². The van der Waals surface area contributed by atoms with Crippen molar-refractivity contribution in [1.29, 1.82) is 0 Å². The van der Waals surface area contributed by atoms with Gasteiger partial charge < -0.3 is 11.1 Å². The van der Waals surface area contributed by atoms with Gasteiger partial charge in [-0.2, -0.15) is 0 Å². The van der Waals surface area contributed by atoms with E-state index in [1.165, 1.54) is 12.6 Å². The number of anilines is 2. The Morgan fingerprint density at radius 2 is 2.11 bits per heavy atom. The van der Waals surface area contributed by atoms with Crippen LogP contribution in [0.1, 0.15) is 25.3 Å². The van der Waals surface area contributed by atoms with Crippen molar-refractivity contribution in [2.24, 2.45) is 0 Å². The Kier molecular flexibility index (Phi) is 5.33. The van der Waals surface area contributed by atoms with Crippen molar-refractivity contribution >= 4 is 21.5 Å². The predicted molar refractivity (Wildman–Crippen MR) is 73.3 cm³/mol. The minimum absolute atomic E-state index is 0.170. The lowest BCUT2D eigenvalue weighted by molar-refractivity contribution is 0.600. The topological polar surface area (TPSA) is 98.0 Å². The SMILES string of the molecule is CCCc1c(N)ncnc1NCCCS(C)(=O)=O. The molecule has 0 aliphatic rings. The van der Waals surface area contributed by atoms with E-state index in [-0.39, 0.29) is 5.75 Å². The molecule has 0 atom stereocenters. The first-order valence-corrected chi connectivity index (χ1v) is 8.01. The molecule has 6 nitrogen and oxygen atoms in total. The molecule has 0 unspecified atom stereocenters. The maximum Gasteiger partial charge on any atom is 0.147 e. The number of rotatable bonds is 7. The van der Waals surface area contributed by atoms with Gasteiger partial charge in [0.25, 0.3) is 0 Å². The van der Waals surface area contributed by atoms with E-state index < -0.39 is 9.84 Å². The second-order valence-electron chi connectivity index (χ2n) is 4.25. The van der Waals surface area contributed by atoms with Crippen LogP contribution in [0.3, 0.4) is 0 Å². The molecule has 0 saturated carbocycles. The van der Waals surface area contributed by atoms with E-state index in [9.17, 15) is 8.42 Å². The molecule has 1 aromatic heterocycles. The van der Waals surface area contributed by atoms with Crippen LogP contribution in [0.2, 0.25) is 0 Å². The highest BCUT2D eigenvalue weighted by molar-refractivity contribution is 7.90. The van der Waals surface area contributed by atoms with Gasteiger partial charge in [-0.15, -0.1) is 0 Å². The molecule has 3 N–H and O–H groups in total. The van der Waals surface area contributed by atoms with Crippen molar-refractivity contribution in [2.45, 2.75) is 26.2 Å². The second kappa shape index (κ2) is 6.53. The lowest BCUT2D eigenvalue weighted by atomic mass is 10.1. The smallest absolute Gasteiger partial charge is 0.147 e. The first-order chi connectivity index (χ1) is 8.44. The molecule has 102 valence electrons. The Bertz CT molecular complexity index is 488. The number of hydrogen-bond donors (Lipinski definition) is 2. The van der Waals surface area contributed by atoms with Crippen LogP contribution in [0.4, 0.5) is 11.6 Å². The molecule has 0 bridgehead atoms. The van der Waals surface area contributed by atoms with Gasteiger partial charge in [-0.05, 0) is 12.8 Å². The van der Waals surface area contributed by atoms with Crippen LogP contribution in [0.15, 0.2) is 6.33 Å². The van der Waals surface area contributed by atoms with Crippen LogP contribution in [0, 0.1) is 0 Å². The molecule has 0 amide bonds. The number of sulfone groups is 1. The van der Waals surface area contributed by atoms with Crippen molar-refractivity contribution < 1.29 is 8.42 Å². The Balaban J connectivity index is 2.59. The summed E-state index contributed by atoms with van der Waals surface area (Å²) in [6.07, 6.45) is 4.95.